The van der Waals surface area contributed by atoms with Gasteiger partial charge in [-0.05, 0) is 76.4 Å². The number of benzene rings is 2. The second kappa shape index (κ2) is 10.0. The van der Waals surface area contributed by atoms with Crippen LogP contribution in [0.2, 0.25) is 0 Å². The second-order valence-electron chi connectivity index (χ2n) is 9.35. The molecule has 36 heavy (non-hydrogen) atoms. The van der Waals surface area contributed by atoms with E-state index in [4.69, 9.17) is 9.47 Å². The first kappa shape index (κ1) is 27.3. The minimum atomic E-state index is -4.61. The Morgan fingerprint density at radius 1 is 1.11 bits per heavy atom. The summed E-state index contributed by atoms with van der Waals surface area (Å²) < 4.78 is 52.3. The quantitative estimate of drug-likeness (QED) is 0.321. The van der Waals surface area contributed by atoms with Crippen molar-refractivity contribution in [2.24, 2.45) is 4.99 Å². The number of esters is 1. The molecule has 2 aromatic rings. The van der Waals surface area contributed by atoms with Crippen molar-refractivity contribution in [2.45, 2.75) is 55.8 Å². The topological polar surface area (TPSA) is 85.2 Å². The fourth-order valence-electron chi connectivity index (χ4n) is 3.80. The fraction of sp³-hybridized carbons (Fsp3) is 0.346. The third-order valence-corrected chi connectivity index (χ3v) is 6.17. The molecule has 0 bridgehead atoms. The zero-order valence-electron chi connectivity index (χ0n) is 20.3. The van der Waals surface area contributed by atoms with Crippen LogP contribution < -0.4 is 4.74 Å². The van der Waals surface area contributed by atoms with Crippen molar-refractivity contribution in [3.05, 3.63) is 65.2 Å². The lowest BCUT2D eigenvalue weighted by atomic mass is 9.80. The number of thioether (sulfide) groups is 1. The lowest BCUT2D eigenvalue weighted by Gasteiger charge is -2.32. The van der Waals surface area contributed by atoms with Crippen molar-refractivity contribution in [1.82, 2.24) is 0 Å². The summed E-state index contributed by atoms with van der Waals surface area (Å²) in [6, 6.07) is 7.39. The molecule has 6 nitrogen and oxygen atoms in total. The highest BCUT2D eigenvalue weighted by Gasteiger charge is 2.44. The summed E-state index contributed by atoms with van der Waals surface area (Å²) in [5.74, 6) is -3.19. The predicted octanol–water partition coefficient (Wildman–Crippen LogP) is 6.74. The molecule has 0 spiro atoms. The van der Waals surface area contributed by atoms with Crippen molar-refractivity contribution in [2.75, 3.05) is 6.26 Å². The Bertz CT molecular complexity index is 1220. The number of allylic oxidation sites excluding steroid dienone is 1. The van der Waals surface area contributed by atoms with Crippen LogP contribution in [0.15, 0.2) is 58.4 Å². The molecule has 10 heteroatoms. The largest absolute Gasteiger partial charge is 0.478 e. The highest BCUT2D eigenvalue weighted by molar-refractivity contribution is 7.98. The SMILES string of the molecule is CSc1ccc(Oc2ccc(C(=O)O)cc2C(C(=O)OC(C)(C)C)C2(C)C=CC=N2)cc1C(F)(F)F. The number of ether oxygens (including phenoxy) is 2. The van der Waals surface area contributed by atoms with E-state index >= 15 is 0 Å². The molecular formula is C26H26F3NO5S. The molecular weight excluding hydrogens is 495 g/mol. The smallest absolute Gasteiger partial charge is 0.417 e. The van der Waals surface area contributed by atoms with Crippen LogP contribution in [-0.4, -0.2) is 40.7 Å². The molecule has 3 rings (SSSR count). The predicted molar refractivity (Wildman–Crippen MR) is 131 cm³/mol. The molecule has 1 N–H and O–H groups in total. The first-order valence-corrected chi connectivity index (χ1v) is 12.1. The normalized spacial score (nSPS) is 18.2. The van der Waals surface area contributed by atoms with E-state index < -0.39 is 40.7 Å². The summed E-state index contributed by atoms with van der Waals surface area (Å²) in [4.78, 5) is 29.6. The number of aromatic carboxylic acids is 1. The second-order valence-corrected chi connectivity index (χ2v) is 10.2. The van der Waals surface area contributed by atoms with Gasteiger partial charge in [0.25, 0.3) is 0 Å². The molecule has 0 radical (unpaired) electrons. The van der Waals surface area contributed by atoms with Gasteiger partial charge >= 0.3 is 18.1 Å². The first-order chi connectivity index (χ1) is 16.6. The molecule has 2 unspecified atom stereocenters. The Balaban J connectivity index is 2.18. The monoisotopic (exact) mass is 521 g/mol. The van der Waals surface area contributed by atoms with Gasteiger partial charge in [-0.25, -0.2) is 4.79 Å². The number of alkyl halides is 3. The number of carboxylic acid groups (broad SMARTS) is 1. The van der Waals surface area contributed by atoms with E-state index in [0.29, 0.717) is 0 Å². The molecule has 0 saturated carbocycles. The van der Waals surface area contributed by atoms with Crippen LogP contribution in [0.25, 0.3) is 0 Å². The van der Waals surface area contributed by atoms with Crippen LogP contribution in [0, 0.1) is 0 Å². The van der Waals surface area contributed by atoms with E-state index in [9.17, 15) is 27.9 Å². The maximum atomic E-state index is 13.6. The van der Waals surface area contributed by atoms with Crippen molar-refractivity contribution < 1.29 is 37.3 Å². The van der Waals surface area contributed by atoms with Gasteiger partial charge < -0.3 is 14.6 Å². The van der Waals surface area contributed by atoms with Gasteiger partial charge in [0.05, 0.1) is 16.7 Å². The molecule has 1 aliphatic heterocycles. The number of nitrogens with zero attached hydrogens (tertiary/aromatic N) is 1. The van der Waals surface area contributed by atoms with E-state index in [1.54, 1.807) is 39.8 Å². The van der Waals surface area contributed by atoms with Gasteiger partial charge in [0.1, 0.15) is 23.0 Å². The zero-order valence-corrected chi connectivity index (χ0v) is 21.2. The third kappa shape index (κ3) is 6.10. The molecule has 1 heterocycles. The highest BCUT2D eigenvalue weighted by atomic mass is 32.2. The van der Waals surface area contributed by atoms with Crippen molar-refractivity contribution in [3.8, 4) is 11.5 Å². The number of hydrogen-bond donors (Lipinski definition) is 1. The van der Waals surface area contributed by atoms with Gasteiger partial charge in [-0.3, -0.25) is 9.79 Å². The molecule has 0 saturated heterocycles. The fourth-order valence-corrected chi connectivity index (χ4v) is 4.39. The van der Waals surface area contributed by atoms with E-state index in [-0.39, 0.29) is 27.5 Å². The number of carboxylic acids is 1. The van der Waals surface area contributed by atoms with E-state index in [1.165, 1.54) is 42.8 Å². The Morgan fingerprint density at radius 2 is 1.81 bits per heavy atom. The molecule has 0 fully saturated rings. The molecule has 0 aromatic heterocycles. The maximum absolute atomic E-state index is 13.6. The summed E-state index contributed by atoms with van der Waals surface area (Å²) in [5, 5.41) is 9.58. The summed E-state index contributed by atoms with van der Waals surface area (Å²) in [5.41, 5.74) is -2.88. The Morgan fingerprint density at radius 3 is 2.33 bits per heavy atom. The minimum absolute atomic E-state index is 0.0117. The lowest BCUT2D eigenvalue weighted by Crippen LogP contribution is -2.38. The van der Waals surface area contributed by atoms with E-state index in [2.05, 4.69) is 4.99 Å². The third-order valence-electron chi connectivity index (χ3n) is 5.37. The standard InChI is InChI=1S/C26H26F3NO5S/c1-24(2,3)35-23(33)21(25(4)11-6-12-30-25)17-13-15(22(31)32)7-9-19(17)34-16-8-10-20(36-5)18(14-16)26(27,28)29/h6-14,21H,1-5H3,(H,31,32). The zero-order chi connectivity index (χ0) is 26.9. The van der Waals surface area contributed by atoms with Crippen molar-refractivity contribution in [1.29, 1.82) is 0 Å². The van der Waals surface area contributed by atoms with Crippen LogP contribution in [0.5, 0.6) is 11.5 Å². The minimum Gasteiger partial charge on any atom is -0.478 e. The van der Waals surface area contributed by atoms with Gasteiger partial charge in [-0.1, -0.05) is 6.08 Å². The van der Waals surface area contributed by atoms with Gasteiger partial charge in [0, 0.05) is 16.7 Å². The average Bonchev–Trinajstić information content (AvgIpc) is 3.19. The summed E-state index contributed by atoms with van der Waals surface area (Å²) in [6.45, 7) is 6.74. The number of carbonyl (C=O) groups excluding carboxylic acids is 1. The number of halogens is 3. The van der Waals surface area contributed by atoms with Crippen LogP contribution in [0.1, 0.15) is 55.1 Å². The average molecular weight is 522 g/mol. The molecule has 1 aliphatic rings. The van der Waals surface area contributed by atoms with Crippen molar-refractivity contribution >= 4 is 29.9 Å². The summed E-state index contributed by atoms with van der Waals surface area (Å²) in [7, 11) is 0. The van der Waals surface area contributed by atoms with Gasteiger partial charge in [0.2, 0.25) is 0 Å². The van der Waals surface area contributed by atoms with E-state index in [1.807, 2.05) is 0 Å². The first-order valence-electron chi connectivity index (χ1n) is 10.9. The van der Waals surface area contributed by atoms with Crippen molar-refractivity contribution in [3.63, 3.8) is 0 Å². The van der Waals surface area contributed by atoms with Gasteiger partial charge in [0.15, 0.2) is 0 Å². The van der Waals surface area contributed by atoms with Gasteiger partial charge in [-0.15, -0.1) is 11.8 Å². The van der Waals surface area contributed by atoms with Gasteiger partial charge in [-0.2, -0.15) is 13.2 Å². The number of rotatable bonds is 7. The number of aliphatic imine (C=N–C) groups is 1. The summed E-state index contributed by atoms with van der Waals surface area (Å²) >= 11 is 0.950. The Hall–Kier alpha value is -3.27. The summed E-state index contributed by atoms with van der Waals surface area (Å²) in [6.07, 6.45) is 1.76. The Kier molecular flexibility index (Phi) is 7.59. The van der Waals surface area contributed by atoms with Crippen LogP contribution in [0.4, 0.5) is 13.2 Å². The van der Waals surface area contributed by atoms with Crippen LogP contribution in [-0.2, 0) is 15.7 Å². The van der Waals surface area contributed by atoms with E-state index in [0.717, 1.165) is 17.8 Å². The lowest BCUT2D eigenvalue weighted by molar-refractivity contribution is -0.158. The molecule has 0 amide bonds. The number of hydrogen-bond acceptors (Lipinski definition) is 6. The molecule has 2 aromatic carbocycles. The molecule has 2 atom stereocenters. The Labute approximate surface area is 211 Å². The molecule has 0 aliphatic carbocycles. The highest BCUT2D eigenvalue weighted by Crippen LogP contribution is 2.44. The van der Waals surface area contributed by atoms with Crippen LogP contribution >= 0.6 is 11.8 Å². The number of carbonyl (C=O) groups is 2. The molecule has 192 valence electrons. The van der Waals surface area contributed by atoms with Crippen LogP contribution in [0.3, 0.4) is 0 Å². The maximum Gasteiger partial charge on any atom is 0.417 e.